The Labute approximate surface area is 210 Å². The van der Waals surface area contributed by atoms with Crippen molar-refractivity contribution in [2.75, 3.05) is 19.8 Å². The number of allylic oxidation sites excluding steroid dienone is 1. The van der Waals surface area contributed by atoms with Crippen LogP contribution >= 0.6 is 0 Å². The van der Waals surface area contributed by atoms with Crippen LogP contribution in [0.5, 0.6) is 0 Å². The summed E-state index contributed by atoms with van der Waals surface area (Å²) in [4.78, 5) is 0. The van der Waals surface area contributed by atoms with Crippen LogP contribution in [-0.2, 0) is 0 Å². The normalized spacial score (nSPS) is 55.1. The molecular weight excluding hydrogens is 444 g/mol. The van der Waals surface area contributed by atoms with Crippen molar-refractivity contribution in [2.24, 2.45) is 44.3 Å². The van der Waals surface area contributed by atoms with Crippen molar-refractivity contribution in [1.29, 1.82) is 0 Å². The average molecular weight is 493 g/mol. The molecule has 0 saturated heterocycles. The zero-order chi connectivity index (χ0) is 25.7. The van der Waals surface area contributed by atoms with E-state index in [2.05, 4.69) is 33.8 Å². The number of aliphatic hydroxyl groups excluding tert-OH is 6. The van der Waals surface area contributed by atoms with E-state index in [4.69, 9.17) is 0 Å². The topological polar surface area (TPSA) is 121 Å². The second kappa shape index (κ2) is 8.00. The van der Waals surface area contributed by atoms with Gasteiger partial charge in [0.25, 0.3) is 0 Å². The standard InChI is InChI=1S/C29H48O6/c1-24(15-30)9-11-28(14-24)12-10-26(3)18(22(28)34)5-6-20-25(2)13-19(33)23(35)29(16-31,17-32)21(25)7-8-27(20,26)4/h5,19-23,30-35H,6-17H2,1-4H3/t19-,20-,21-,22-,23-,24?,25-,26-,27-,28-/m1/s1. The van der Waals surface area contributed by atoms with Crippen molar-refractivity contribution in [3.05, 3.63) is 11.6 Å². The summed E-state index contributed by atoms with van der Waals surface area (Å²) < 4.78 is 0. The SMILES string of the molecule is CC1(CO)CC[C@@]2(CC[C@]3(C)C(=CC[C@@H]4[C@@]5(C)C[C@@H](O)[C@@H](O)C(CO)(CO)[C@@H]5CC[C@]43C)[C@H]2O)C1. The first-order valence-electron chi connectivity index (χ1n) is 13.9. The molecule has 0 amide bonds. The lowest BCUT2D eigenvalue weighted by Crippen LogP contribution is -2.69. The van der Waals surface area contributed by atoms with Gasteiger partial charge in [0.05, 0.1) is 31.5 Å². The van der Waals surface area contributed by atoms with Crippen molar-refractivity contribution in [3.8, 4) is 0 Å². The lowest BCUT2D eigenvalue weighted by atomic mass is 9.34. The first-order valence-corrected chi connectivity index (χ1v) is 13.9. The molecule has 0 aliphatic heterocycles. The van der Waals surface area contributed by atoms with Gasteiger partial charge in [-0.2, -0.15) is 0 Å². The third-order valence-corrected chi connectivity index (χ3v) is 13.1. The zero-order valence-corrected chi connectivity index (χ0v) is 22.1. The van der Waals surface area contributed by atoms with Crippen LogP contribution in [0.25, 0.3) is 0 Å². The quantitative estimate of drug-likeness (QED) is 0.337. The average Bonchev–Trinajstić information content (AvgIpc) is 3.18. The monoisotopic (exact) mass is 492 g/mol. The van der Waals surface area contributed by atoms with Crippen LogP contribution in [0.3, 0.4) is 0 Å². The van der Waals surface area contributed by atoms with E-state index < -0.39 is 23.7 Å². The Bertz CT molecular complexity index is 884. The second-order valence-electron chi connectivity index (χ2n) is 14.5. The molecule has 5 aliphatic carbocycles. The van der Waals surface area contributed by atoms with E-state index in [1.54, 1.807) is 0 Å². The van der Waals surface area contributed by atoms with E-state index in [0.717, 1.165) is 51.4 Å². The van der Waals surface area contributed by atoms with Gasteiger partial charge in [-0.1, -0.05) is 33.8 Å². The van der Waals surface area contributed by atoms with Crippen LogP contribution in [0.2, 0.25) is 0 Å². The molecule has 0 aromatic rings. The van der Waals surface area contributed by atoms with Crippen LogP contribution in [0.1, 0.15) is 85.5 Å². The predicted octanol–water partition coefficient (Wildman–Crippen LogP) is 2.78. The summed E-state index contributed by atoms with van der Waals surface area (Å²) >= 11 is 0. The molecule has 0 bridgehead atoms. The summed E-state index contributed by atoms with van der Waals surface area (Å²) in [6.07, 6.45) is 7.36. The highest BCUT2D eigenvalue weighted by Gasteiger charge is 2.70. The summed E-state index contributed by atoms with van der Waals surface area (Å²) in [5.41, 5.74) is -0.797. The van der Waals surface area contributed by atoms with Crippen molar-refractivity contribution in [3.63, 3.8) is 0 Å². The molecule has 35 heavy (non-hydrogen) atoms. The Kier molecular flexibility index (Phi) is 5.97. The summed E-state index contributed by atoms with van der Waals surface area (Å²) in [6.45, 7) is 8.56. The number of fused-ring (bicyclic) bond motifs is 5. The lowest BCUT2D eigenvalue weighted by molar-refractivity contribution is -0.257. The van der Waals surface area contributed by atoms with Crippen LogP contribution in [0, 0.1) is 44.3 Å². The van der Waals surface area contributed by atoms with E-state index >= 15 is 0 Å². The summed E-state index contributed by atoms with van der Waals surface area (Å²) in [5.74, 6) is 0.134. The third kappa shape index (κ3) is 3.10. The van der Waals surface area contributed by atoms with Gasteiger partial charge < -0.3 is 30.6 Å². The van der Waals surface area contributed by atoms with Crippen molar-refractivity contribution in [1.82, 2.24) is 0 Å². The van der Waals surface area contributed by atoms with Crippen molar-refractivity contribution in [2.45, 2.75) is 104 Å². The first kappa shape index (κ1) is 26.1. The number of hydrogen-bond acceptors (Lipinski definition) is 6. The summed E-state index contributed by atoms with van der Waals surface area (Å²) in [5, 5.41) is 64.6. The van der Waals surface area contributed by atoms with Gasteiger partial charge in [0.1, 0.15) is 0 Å². The van der Waals surface area contributed by atoms with Gasteiger partial charge in [-0.05, 0) is 96.9 Å². The molecule has 10 atom stereocenters. The number of rotatable bonds is 3. The molecular formula is C29H48O6. The molecule has 5 aliphatic rings. The number of hydrogen-bond donors (Lipinski definition) is 6. The molecule has 200 valence electrons. The number of aliphatic hydroxyl groups is 6. The highest BCUT2D eigenvalue weighted by atomic mass is 16.3. The molecule has 0 heterocycles. The molecule has 0 radical (unpaired) electrons. The maximum Gasteiger partial charge on any atom is 0.0902 e. The van der Waals surface area contributed by atoms with Gasteiger partial charge in [-0.25, -0.2) is 0 Å². The Morgan fingerprint density at radius 3 is 2.09 bits per heavy atom. The van der Waals surface area contributed by atoms with Gasteiger partial charge in [0.15, 0.2) is 0 Å². The summed E-state index contributed by atoms with van der Waals surface area (Å²) in [7, 11) is 0. The van der Waals surface area contributed by atoms with Crippen molar-refractivity contribution >= 4 is 0 Å². The highest BCUT2D eigenvalue weighted by molar-refractivity contribution is 5.34. The minimum Gasteiger partial charge on any atom is -0.396 e. The lowest BCUT2D eigenvalue weighted by Gasteiger charge is -2.71. The van der Waals surface area contributed by atoms with E-state index in [1.165, 1.54) is 5.57 Å². The Morgan fingerprint density at radius 2 is 1.49 bits per heavy atom. The minimum atomic E-state index is -1.13. The second-order valence-corrected chi connectivity index (χ2v) is 14.5. The molecule has 1 unspecified atom stereocenters. The zero-order valence-electron chi connectivity index (χ0n) is 22.1. The fourth-order valence-electron chi connectivity index (χ4n) is 10.7. The Balaban J connectivity index is 1.54. The van der Waals surface area contributed by atoms with E-state index in [1.807, 2.05) is 0 Å². The molecule has 4 fully saturated rings. The molecule has 6 heteroatoms. The first-order chi connectivity index (χ1) is 16.3. The fourth-order valence-corrected chi connectivity index (χ4v) is 10.7. The molecule has 4 saturated carbocycles. The smallest absolute Gasteiger partial charge is 0.0902 e. The molecule has 5 rings (SSSR count). The van der Waals surface area contributed by atoms with Crippen LogP contribution in [0.4, 0.5) is 0 Å². The van der Waals surface area contributed by atoms with Crippen LogP contribution in [-0.4, -0.2) is 68.8 Å². The Morgan fingerprint density at radius 1 is 0.829 bits per heavy atom. The summed E-state index contributed by atoms with van der Waals surface area (Å²) in [6, 6.07) is 0. The van der Waals surface area contributed by atoms with Crippen LogP contribution in [0.15, 0.2) is 11.6 Å². The molecule has 0 aromatic heterocycles. The van der Waals surface area contributed by atoms with Crippen LogP contribution < -0.4 is 0 Å². The van der Waals surface area contributed by atoms with Gasteiger partial charge in [0.2, 0.25) is 0 Å². The van der Waals surface area contributed by atoms with Crippen molar-refractivity contribution < 1.29 is 30.6 Å². The maximum atomic E-state index is 11.9. The van der Waals surface area contributed by atoms with E-state index in [0.29, 0.717) is 6.42 Å². The Hall–Kier alpha value is -0.500. The van der Waals surface area contributed by atoms with Gasteiger partial charge in [-0.15, -0.1) is 0 Å². The van der Waals surface area contributed by atoms with Gasteiger partial charge >= 0.3 is 0 Å². The molecule has 6 nitrogen and oxygen atoms in total. The largest absolute Gasteiger partial charge is 0.396 e. The fraction of sp³-hybridized carbons (Fsp3) is 0.931. The minimum absolute atomic E-state index is 0.0834. The predicted molar refractivity (Wildman–Crippen MR) is 133 cm³/mol. The maximum absolute atomic E-state index is 11.9. The molecule has 0 aromatic carbocycles. The van der Waals surface area contributed by atoms with Gasteiger partial charge in [-0.3, -0.25) is 0 Å². The highest BCUT2D eigenvalue weighted by Crippen LogP contribution is 2.74. The van der Waals surface area contributed by atoms with Gasteiger partial charge in [0, 0.05) is 17.4 Å². The van der Waals surface area contributed by atoms with E-state index in [-0.39, 0.29) is 58.7 Å². The molecule has 6 N–H and O–H groups in total. The third-order valence-electron chi connectivity index (χ3n) is 13.1. The molecule has 1 spiro atoms. The van der Waals surface area contributed by atoms with E-state index in [9.17, 15) is 30.6 Å².